The van der Waals surface area contributed by atoms with E-state index in [0.29, 0.717) is 0 Å². The Morgan fingerprint density at radius 3 is 0.900 bits per heavy atom. The lowest BCUT2D eigenvalue weighted by Gasteiger charge is -2.18. The molecule has 0 fully saturated rings. The lowest BCUT2D eigenvalue weighted by Crippen LogP contribution is -2.02. The molecule has 13 aromatic rings. The average molecular weight is 765 g/mol. The average Bonchev–Trinajstić information content (AvgIpc) is 4.06. The second kappa shape index (κ2) is 12.7. The van der Waals surface area contributed by atoms with Gasteiger partial charge < -0.3 is 18.3 Å². The summed E-state index contributed by atoms with van der Waals surface area (Å²) in [5, 5.41) is 8.70. The number of rotatable bonds is 5. The first kappa shape index (κ1) is 32.9. The summed E-state index contributed by atoms with van der Waals surface area (Å²) in [5.74, 6) is 0. The van der Waals surface area contributed by atoms with E-state index in [9.17, 15) is 0 Å². The van der Waals surface area contributed by atoms with Crippen LogP contribution in [0.15, 0.2) is 218 Å². The van der Waals surface area contributed by atoms with Gasteiger partial charge in [0.2, 0.25) is 0 Å². The number of fused-ring (bicyclic) bond motifs is 10. The van der Waals surface area contributed by atoms with Crippen molar-refractivity contribution in [3.05, 3.63) is 218 Å². The first-order valence-electron chi connectivity index (χ1n) is 20.6. The van der Waals surface area contributed by atoms with E-state index < -0.39 is 0 Å². The molecule has 13 rings (SSSR count). The predicted octanol–water partition coefficient (Wildman–Crippen LogP) is 14.6. The van der Waals surface area contributed by atoms with E-state index in [-0.39, 0.29) is 0 Å². The van der Waals surface area contributed by atoms with Crippen LogP contribution in [0.25, 0.3) is 110 Å². The molecular formula is C56H36N4. The molecule has 4 heteroatoms. The molecule has 4 nitrogen and oxygen atoms in total. The molecule has 0 spiro atoms. The lowest BCUT2D eigenvalue weighted by molar-refractivity contribution is 1.10. The van der Waals surface area contributed by atoms with Crippen LogP contribution < -0.4 is 0 Å². The predicted molar refractivity (Wildman–Crippen MR) is 252 cm³/mol. The van der Waals surface area contributed by atoms with E-state index in [1.807, 2.05) is 0 Å². The molecule has 0 saturated carbocycles. The topological polar surface area (TPSA) is 19.7 Å². The van der Waals surface area contributed by atoms with Crippen molar-refractivity contribution in [3.8, 4) is 34.0 Å². The monoisotopic (exact) mass is 764 g/mol. The van der Waals surface area contributed by atoms with Crippen molar-refractivity contribution in [2.24, 2.45) is 0 Å². The molecule has 4 aromatic heterocycles. The fraction of sp³-hybridized carbons (Fsp3) is 0. The molecule has 280 valence electrons. The van der Waals surface area contributed by atoms with E-state index in [1.54, 1.807) is 0 Å². The van der Waals surface area contributed by atoms with Crippen LogP contribution in [0.1, 0.15) is 0 Å². The summed E-state index contributed by atoms with van der Waals surface area (Å²) in [6.45, 7) is 0. The van der Waals surface area contributed by atoms with Crippen LogP contribution in [0.4, 0.5) is 0 Å². The minimum atomic E-state index is 1.11. The molecule has 0 N–H and O–H groups in total. The molecule has 0 aliphatic heterocycles. The zero-order chi connectivity index (χ0) is 39.3. The molecule has 0 aliphatic rings. The second-order valence-electron chi connectivity index (χ2n) is 15.8. The molecule has 0 radical (unpaired) electrons. The van der Waals surface area contributed by atoms with E-state index in [1.165, 1.54) is 70.8 Å². The number of nitrogens with zero attached hydrogens (tertiary/aromatic N) is 4. The number of para-hydroxylation sites is 7. The molecular weight excluding hydrogens is 729 g/mol. The molecule has 9 aromatic carbocycles. The molecule has 60 heavy (non-hydrogen) atoms. The Kier molecular flexibility index (Phi) is 6.98. The number of benzene rings is 9. The molecule has 0 amide bonds. The van der Waals surface area contributed by atoms with Crippen molar-refractivity contribution in [1.82, 2.24) is 18.3 Å². The van der Waals surface area contributed by atoms with E-state index >= 15 is 0 Å². The molecule has 0 aliphatic carbocycles. The van der Waals surface area contributed by atoms with Crippen LogP contribution >= 0.6 is 0 Å². The lowest BCUT2D eigenvalue weighted by atomic mass is 10.1. The van der Waals surface area contributed by atoms with Crippen LogP contribution in [0, 0.1) is 0 Å². The number of hydrogen-bond acceptors (Lipinski definition) is 0. The third kappa shape index (κ3) is 4.73. The fourth-order valence-electron chi connectivity index (χ4n) is 10.00. The van der Waals surface area contributed by atoms with Gasteiger partial charge in [0.1, 0.15) is 0 Å². The van der Waals surface area contributed by atoms with Crippen molar-refractivity contribution in [2.75, 3.05) is 0 Å². The van der Waals surface area contributed by atoms with Crippen LogP contribution in [0.5, 0.6) is 0 Å². The van der Waals surface area contributed by atoms with Crippen molar-refractivity contribution < 1.29 is 0 Å². The minimum absolute atomic E-state index is 1.11. The highest BCUT2D eigenvalue weighted by Crippen LogP contribution is 2.40. The highest BCUT2D eigenvalue weighted by Gasteiger charge is 2.20. The van der Waals surface area contributed by atoms with E-state index in [2.05, 4.69) is 237 Å². The van der Waals surface area contributed by atoms with Crippen molar-refractivity contribution in [1.29, 1.82) is 0 Å². The Balaban J connectivity index is 1.08. The Morgan fingerprint density at radius 2 is 0.517 bits per heavy atom. The smallest absolute Gasteiger partial charge is 0.0542 e. The largest absolute Gasteiger partial charge is 0.309 e. The molecule has 0 bridgehead atoms. The first-order chi connectivity index (χ1) is 29.8. The Morgan fingerprint density at radius 1 is 0.217 bits per heavy atom. The molecule has 0 saturated heterocycles. The second-order valence-corrected chi connectivity index (χ2v) is 15.8. The Hall–Kier alpha value is -8.08. The van der Waals surface area contributed by atoms with Gasteiger partial charge in [-0.15, -0.1) is 0 Å². The van der Waals surface area contributed by atoms with Gasteiger partial charge >= 0.3 is 0 Å². The van der Waals surface area contributed by atoms with E-state index in [4.69, 9.17) is 0 Å². The van der Waals surface area contributed by atoms with Crippen molar-refractivity contribution >= 4 is 76.3 Å². The van der Waals surface area contributed by atoms with Gasteiger partial charge in [-0.05, 0) is 91.0 Å². The quantitative estimate of drug-likeness (QED) is 0.166. The zero-order valence-electron chi connectivity index (χ0n) is 32.6. The van der Waals surface area contributed by atoms with Gasteiger partial charge in [-0.25, -0.2) is 0 Å². The number of hydrogen-bond donors (Lipinski definition) is 0. The van der Waals surface area contributed by atoms with Gasteiger partial charge in [0.15, 0.2) is 0 Å². The summed E-state index contributed by atoms with van der Waals surface area (Å²) < 4.78 is 9.71. The summed E-state index contributed by atoms with van der Waals surface area (Å²) in [5.41, 5.74) is 15.0. The molecule has 0 unspecified atom stereocenters. The highest BCUT2D eigenvalue weighted by molar-refractivity contribution is 6.11. The number of aromatic nitrogens is 4. The van der Waals surface area contributed by atoms with Crippen LogP contribution in [0.3, 0.4) is 0 Å². The third-order valence-corrected chi connectivity index (χ3v) is 12.5. The summed E-state index contributed by atoms with van der Waals surface area (Å²) in [6.07, 6.45) is 0. The van der Waals surface area contributed by atoms with Crippen molar-refractivity contribution in [2.45, 2.75) is 0 Å². The zero-order valence-corrected chi connectivity index (χ0v) is 32.6. The molecule has 4 heterocycles. The third-order valence-electron chi connectivity index (χ3n) is 12.5. The van der Waals surface area contributed by atoms with Gasteiger partial charge in [-0.3, -0.25) is 0 Å². The molecule has 0 atom stereocenters. The van der Waals surface area contributed by atoms with Gasteiger partial charge in [0.05, 0.1) is 44.3 Å². The maximum Gasteiger partial charge on any atom is 0.0542 e. The maximum absolute atomic E-state index is 2.44. The van der Waals surface area contributed by atoms with Crippen LogP contribution in [-0.4, -0.2) is 18.3 Å². The van der Waals surface area contributed by atoms with Gasteiger partial charge in [-0.1, -0.05) is 127 Å². The van der Waals surface area contributed by atoms with Crippen LogP contribution in [-0.2, 0) is 0 Å². The summed E-state index contributed by atoms with van der Waals surface area (Å²) in [6, 6.07) is 79.9. The minimum Gasteiger partial charge on any atom is -0.309 e. The summed E-state index contributed by atoms with van der Waals surface area (Å²) >= 11 is 0. The van der Waals surface area contributed by atoms with E-state index in [0.717, 1.165) is 39.5 Å². The standard InChI is InChI=1S/C56H36N4/c1-8-22-49-37(15-1)35-56(57(49)39-29-31-40(32-30-39)58-50-23-9-2-16-43(50)44-17-3-10-24-51(44)58)38-33-41(59-52-25-11-4-18-45(52)46-19-5-12-26-53(46)59)36-42(34-38)60-54-27-13-6-20-47(54)48-21-7-14-28-55(48)60/h1-36H. The first-order valence-corrected chi connectivity index (χ1v) is 20.6. The van der Waals surface area contributed by atoms with Gasteiger partial charge in [-0.2, -0.15) is 0 Å². The normalized spacial score (nSPS) is 12.0. The van der Waals surface area contributed by atoms with Gasteiger partial charge in [0.25, 0.3) is 0 Å². The summed E-state index contributed by atoms with van der Waals surface area (Å²) in [4.78, 5) is 0. The SMILES string of the molecule is c1ccc2c(c1)cc(-c1cc(-n3c4ccccc4c4ccccc43)cc(-n3c4ccccc4c4ccccc43)c1)n2-c1ccc(-n2c3ccccc3c3ccccc32)cc1. The Bertz CT molecular complexity index is 3540. The van der Waals surface area contributed by atoms with Crippen molar-refractivity contribution in [3.63, 3.8) is 0 Å². The summed E-state index contributed by atoms with van der Waals surface area (Å²) in [7, 11) is 0. The highest BCUT2D eigenvalue weighted by atomic mass is 15.0. The maximum atomic E-state index is 2.44. The van der Waals surface area contributed by atoms with Gasteiger partial charge in [0, 0.05) is 66.0 Å². The fourth-order valence-corrected chi connectivity index (χ4v) is 10.00. The van der Waals surface area contributed by atoms with Crippen LogP contribution in [0.2, 0.25) is 0 Å². The Labute approximate surface area is 345 Å².